The summed E-state index contributed by atoms with van der Waals surface area (Å²) in [5.41, 5.74) is 4.72. The SMILES string of the molecule is COc1cc(F)c([C@@H]2CN(CC3CC3)C(=O)[C@H]2OC(N)=O)c(F)c1. The summed E-state index contributed by atoms with van der Waals surface area (Å²) >= 11 is 0. The molecule has 0 aromatic heterocycles. The number of rotatable bonds is 5. The molecule has 1 saturated carbocycles. The molecule has 0 unspecified atom stereocenters. The minimum absolute atomic E-state index is 0.0280. The average molecular weight is 340 g/mol. The van der Waals surface area contributed by atoms with Gasteiger partial charge in [0.15, 0.2) is 6.10 Å². The minimum atomic E-state index is -1.32. The van der Waals surface area contributed by atoms with E-state index in [2.05, 4.69) is 0 Å². The Morgan fingerprint density at radius 1 is 1.33 bits per heavy atom. The Morgan fingerprint density at radius 2 is 1.96 bits per heavy atom. The molecule has 1 aromatic carbocycles. The lowest BCUT2D eigenvalue weighted by Crippen LogP contribution is -2.35. The van der Waals surface area contributed by atoms with Crippen LogP contribution in [0.5, 0.6) is 5.75 Å². The van der Waals surface area contributed by atoms with Crippen LogP contribution in [0.15, 0.2) is 12.1 Å². The van der Waals surface area contributed by atoms with Crippen molar-refractivity contribution >= 4 is 12.0 Å². The molecular formula is C16H18F2N2O4. The first kappa shape index (κ1) is 16.5. The number of hydrogen-bond acceptors (Lipinski definition) is 4. The summed E-state index contributed by atoms with van der Waals surface area (Å²) in [5, 5.41) is 0. The first-order valence-electron chi connectivity index (χ1n) is 7.68. The van der Waals surface area contributed by atoms with Crippen molar-refractivity contribution in [2.24, 2.45) is 11.7 Å². The standard InChI is InChI=1S/C16H18F2N2O4/c1-23-9-4-11(17)13(12(18)5-9)10-7-20(6-8-2-3-8)15(21)14(10)24-16(19)22/h4-5,8,10,14H,2-3,6-7H2,1H3,(H2,19,22)/t10-,14-/m0/s1. The molecule has 130 valence electrons. The van der Waals surface area contributed by atoms with Crippen LogP contribution >= 0.6 is 0 Å². The number of halogens is 2. The van der Waals surface area contributed by atoms with Gasteiger partial charge in [-0.25, -0.2) is 13.6 Å². The fraction of sp³-hybridized carbons (Fsp3) is 0.500. The number of benzene rings is 1. The second-order valence-electron chi connectivity index (χ2n) is 6.16. The molecule has 1 aliphatic heterocycles. The van der Waals surface area contributed by atoms with Gasteiger partial charge in [-0.2, -0.15) is 0 Å². The summed E-state index contributed by atoms with van der Waals surface area (Å²) < 4.78 is 38.4. The van der Waals surface area contributed by atoms with E-state index in [1.807, 2.05) is 0 Å². The zero-order chi connectivity index (χ0) is 17.4. The molecule has 1 heterocycles. The van der Waals surface area contributed by atoms with Crippen LogP contribution in [0.4, 0.5) is 13.6 Å². The predicted octanol–water partition coefficient (Wildman–Crippen LogP) is 1.77. The quantitative estimate of drug-likeness (QED) is 0.886. The molecule has 2 amide bonds. The number of methoxy groups -OCH3 is 1. The maximum absolute atomic E-state index is 14.4. The Bertz CT molecular complexity index is 655. The molecule has 3 rings (SSSR count). The molecule has 1 saturated heterocycles. The molecule has 1 aromatic rings. The minimum Gasteiger partial charge on any atom is -0.497 e. The van der Waals surface area contributed by atoms with Crippen molar-refractivity contribution < 1.29 is 27.8 Å². The van der Waals surface area contributed by atoms with Crippen molar-refractivity contribution in [3.8, 4) is 5.75 Å². The molecule has 2 atom stereocenters. The van der Waals surface area contributed by atoms with E-state index < -0.39 is 35.7 Å². The molecule has 2 aliphatic rings. The van der Waals surface area contributed by atoms with E-state index in [-0.39, 0.29) is 17.9 Å². The van der Waals surface area contributed by atoms with E-state index >= 15 is 0 Å². The van der Waals surface area contributed by atoms with Crippen molar-refractivity contribution in [1.29, 1.82) is 0 Å². The highest BCUT2D eigenvalue weighted by Gasteiger charge is 2.47. The van der Waals surface area contributed by atoms with E-state index in [9.17, 15) is 18.4 Å². The molecule has 2 fully saturated rings. The van der Waals surface area contributed by atoms with E-state index in [1.54, 1.807) is 0 Å². The van der Waals surface area contributed by atoms with Crippen molar-refractivity contribution in [3.05, 3.63) is 29.3 Å². The fourth-order valence-electron chi connectivity index (χ4n) is 3.09. The summed E-state index contributed by atoms with van der Waals surface area (Å²) in [6.07, 6.45) is -0.443. The maximum Gasteiger partial charge on any atom is 0.405 e. The first-order chi connectivity index (χ1) is 11.4. The van der Waals surface area contributed by atoms with Crippen LogP contribution < -0.4 is 10.5 Å². The molecule has 2 N–H and O–H groups in total. The molecule has 8 heteroatoms. The van der Waals surface area contributed by atoms with Crippen LogP contribution in [0.3, 0.4) is 0 Å². The van der Waals surface area contributed by atoms with Gasteiger partial charge in [-0.3, -0.25) is 4.79 Å². The number of carbonyl (C=O) groups is 2. The number of nitrogens with zero attached hydrogens (tertiary/aromatic N) is 1. The molecule has 24 heavy (non-hydrogen) atoms. The summed E-state index contributed by atoms with van der Waals surface area (Å²) in [5.74, 6) is -2.70. The summed E-state index contributed by atoms with van der Waals surface area (Å²) in [6, 6.07) is 2.07. The van der Waals surface area contributed by atoms with Gasteiger partial charge in [-0.05, 0) is 18.8 Å². The van der Waals surface area contributed by atoms with Crippen molar-refractivity contribution in [3.63, 3.8) is 0 Å². The van der Waals surface area contributed by atoms with E-state index in [0.717, 1.165) is 25.0 Å². The normalized spacial score (nSPS) is 23.5. The molecule has 0 bridgehead atoms. The number of primary amides is 1. The predicted molar refractivity (Wildman–Crippen MR) is 79.4 cm³/mol. The number of amides is 2. The number of likely N-dealkylation sites (tertiary alicyclic amines) is 1. The van der Waals surface area contributed by atoms with Gasteiger partial charge in [0.25, 0.3) is 5.91 Å². The van der Waals surface area contributed by atoms with E-state index in [1.165, 1.54) is 12.0 Å². The largest absolute Gasteiger partial charge is 0.497 e. The summed E-state index contributed by atoms with van der Waals surface area (Å²) in [7, 11) is 1.29. The van der Waals surface area contributed by atoms with Crippen molar-refractivity contribution in [1.82, 2.24) is 4.90 Å². The Kier molecular flexibility index (Phi) is 4.29. The summed E-state index contributed by atoms with van der Waals surface area (Å²) in [4.78, 5) is 25.1. The summed E-state index contributed by atoms with van der Waals surface area (Å²) in [6.45, 7) is 0.570. The second kappa shape index (κ2) is 6.26. The van der Waals surface area contributed by atoms with Crippen LogP contribution in [0.25, 0.3) is 0 Å². The van der Waals surface area contributed by atoms with Crippen molar-refractivity contribution in [2.45, 2.75) is 24.9 Å². The zero-order valence-electron chi connectivity index (χ0n) is 13.1. The van der Waals surface area contributed by atoms with Crippen LogP contribution in [0.1, 0.15) is 24.3 Å². The first-order valence-corrected chi connectivity index (χ1v) is 7.68. The monoisotopic (exact) mass is 340 g/mol. The Morgan fingerprint density at radius 3 is 2.46 bits per heavy atom. The van der Waals surface area contributed by atoms with Crippen molar-refractivity contribution in [2.75, 3.05) is 20.2 Å². The zero-order valence-corrected chi connectivity index (χ0v) is 13.1. The van der Waals surface area contributed by atoms with Crippen LogP contribution in [-0.2, 0) is 9.53 Å². The van der Waals surface area contributed by atoms with Gasteiger partial charge in [0.1, 0.15) is 17.4 Å². The van der Waals surface area contributed by atoms with Crippen LogP contribution in [0.2, 0.25) is 0 Å². The third kappa shape index (κ3) is 3.13. The Hall–Kier alpha value is -2.38. The number of nitrogens with two attached hydrogens (primary N) is 1. The molecular weight excluding hydrogens is 322 g/mol. The van der Waals surface area contributed by atoms with Gasteiger partial charge < -0.3 is 20.1 Å². The molecule has 0 spiro atoms. The second-order valence-corrected chi connectivity index (χ2v) is 6.16. The Labute approximate surface area is 137 Å². The highest BCUT2D eigenvalue weighted by Crippen LogP contribution is 2.38. The topological polar surface area (TPSA) is 81.9 Å². The third-order valence-corrected chi connectivity index (χ3v) is 4.42. The van der Waals surface area contributed by atoms with E-state index in [4.69, 9.17) is 15.2 Å². The highest BCUT2D eigenvalue weighted by molar-refractivity contribution is 5.87. The van der Waals surface area contributed by atoms with E-state index in [0.29, 0.717) is 12.5 Å². The van der Waals surface area contributed by atoms with Gasteiger partial charge in [-0.1, -0.05) is 0 Å². The van der Waals surface area contributed by atoms with Crippen LogP contribution in [-0.4, -0.2) is 43.2 Å². The third-order valence-electron chi connectivity index (χ3n) is 4.42. The number of ether oxygens (including phenoxy) is 2. The average Bonchev–Trinajstić information content (AvgIpc) is 3.28. The molecule has 0 radical (unpaired) electrons. The van der Waals surface area contributed by atoms with Gasteiger partial charge in [-0.15, -0.1) is 0 Å². The van der Waals surface area contributed by atoms with Gasteiger partial charge in [0, 0.05) is 30.8 Å². The molecule has 1 aliphatic carbocycles. The lowest BCUT2D eigenvalue weighted by molar-refractivity contribution is -0.134. The smallest absolute Gasteiger partial charge is 0.405 e. The Balaban J connectivity index is 1.94. The maximum atomic E-state index is 14.4. The van der Waals surface area contributed by atoms with Crippen LogP contribution in [0, 0.1) is 17.6 Å². The van der Waals surface area contributed by atoms with Gasteiger partial charge in [0.05, 0.1) is 13.0 Å². The fourth-order valence-corrected chi connectivity index (χ4v) is 3.09. The van der Waals surface area contributed by atoms with Gasteiger partial charge >= 0.3 is 6.09 Å². The lowest BCUT2D eigenvalue weighted by Gasteiger charge is -2.18. The highest BCUT2D eigenvalue weighted by atomic mass is 19.1. The lowest BCUT2D eigenvalue weighted by atomic mass is 9.94. The number of hydrogen-bond donors (Lipinski definition) is 1. The number of carbonyl (C=O) groups excluding carboxylic acids is 2. The molecule has 6 nitrogen and oxygen atoms in total. The van der Waals surface area contributed by atoms with Gasteiger partial charge in [0.2, 0.25) is 0 Å².